The van der Waals surface area contributed by atoms with Crippen LogP contribution in [-0.2, 0) is 16.4 Å². The van der Waals surface area contributed by atoms with Crippen LogP contribution in [0.1, 0.15) is 35.7 Å². The number of anilines is 3. The molecule has 0 fully saturated rings. The van der Waals surface area contributed by atoms with Gasteiger partial charge in [-0.1, -0.05) is 19.1 Å². The van der Waals surface area contributed by atoms with Gasteiger partial charge < -0.3 is 10.6 Å². The number of amides is 1. The molecule has 0 aliphatic carbocycles. The molecule has 0 saturated heterocycles. The fourth-order valence-electron chi connectivity index (χ4n) is 3.23. The van der Waals surface area contributed by atoms with Gasteiger partial charge in [-0.05, 0) is 55.2 Å². The zero-order chi connectivity index (χ0) is 18.7. The van der Waals surface area contributed by atoms with Gasteiger partial charge in [0.1, 0.15) is 0 Å². The molecule has 1 amide bonds. The maximum atomic E-state index is 13.0. The molecule has 0 spiro atoms. The Bertz CT molecular complexity index is 932. The Hall–Kier alpha value is -2.25. The lowest BCUT2D eigenvalue weighted by molar-refractivity contribution is 0.0985. The first-order chi connectivity index (χ1) is 12.4. The lowest BCUT2D eigenvalue weighted by atomic mass is 9.99. The minimum absolute atomic E-state index is 0. The van der Waals surface area contributed by atoms with Crippen molar-refractivity contribution in [3.8, 4) is 0 Å². The highest BCUT2D eigenvalue weighted by molar-refractivity contribution is 7.92. The molecule has 3 N–H and O–H groups in total. The Morgan fingerprint density at radius 1 is 1.22 bits per heavy atom. The summed E-state index contributed by atoms with van der Waals surface area (Å²) in [5.74, 6) is -0.114. The van der Waals surface area contributed by atoms with Crippen molar-refractivity contribution >= 4 is 45.4 Å². The second-order valence-electron chi connectivity index (χ2n) is 6.41. The molecule has 8 heteroatoms. The summed E-state index contributed by atoms with van der Waals surface area (Å²) in [4.78, 5) is 14.7. The molecule has 0 unspecified atom stereocenters. The highest BCUT2D eigenvalue weighted by Crippen LogP contribution is 2.32. The molecular formula is C19H24ClN3O3S. The van der Waals surface area contributed by atoms with E-state index in [0.717, 1.165) is 24.1 Å². The van der Waals surface area contributed by atoms with Crippen molar-refractivity contribution in [2.75, 3.05) is 27.7 Å². The Labute approximate surface area is 166 Å². The predicted molar refractivity (Wildman–Crippen MR) is 112 cm³/mol. The zero-order valence-electron chi connectivity index (χ0n) is 15.1. The third-order valence-electron chi connectivity index (χ3n) is 4.39. The number of halogens is 1. The smallest absolute Gasteiger partial charge is 0.258 e. The normalized spacial score (nSPS) is 13.4. The molecule has 0 atom stereocenters. The third kappa shape index (κ3) is 4.73. The number of nitrogen functional groups attached to an aromatic ring is 1. The number of nitrogens with two attached hydrogens (primary N) is 1. The van der Waals surface area contributed by atoms with E-state index in [4.69, 9.17) is 5.73 Å². The third-order valence-corrected chi connectivity index (χ3v) is 5.88. The molecule has 2 aromatic carbocycles. The van der Waals surface area contributed by atoms with Crippen molar-refractivity contribution < 1.29 is 13.2 Å². The van der Waals surface area contributed by atoms with Gasteiger partial charge in [0.05, 0.1) is 5.75 Å². The average Bonchev–Trinajstić information content (AvgIpc) is 2.61. The monoisotopic (exact) mass is 409 g/mol. The van der Waals surface area contributed by atoms with Gasteiger partial charge in [-0.15, -0.1) is 12.4 Å². The van der Waals surface area contributed by atoms with E-state index in [0.29, 0.717) is 29.9 Å². The van der Waals surface area contributed by atoms with Crippen molar-refractivity contribution in [3.05, 3.63) is 53.6 Å². The van der Waals surface area contributed by atoms with E-state index in [1.165, 1.54) is 0 Å². The average molecular weight is 410 g/mol. The second-order valence-corrected chi connectivity index (χ2v) is 8.25. The largest absolute Gasteiger partial charge is 0.398 e. The quantitative estimate of drug-likeness (QED) is 0.740. The van der Waals surface area contributed by atoms with Crippen LogP contribution in [0.3, 0.4) is 0 Å². The van der Waals surface area contributed by atoms with Crippen LogP contribution in [0.15, 0.2) is 42.5 Å². The molecule has 146 valence electrons. The number of nitrogens with zero attached hydrogens (tertiary/aromatic N) is 1. The van der Waals surface area contributed by atoms with Crippen LogP contribution in [0, 0.1) is 0 Å². The van der Waals surface area contributed by atoms with E-state index < -0.39 is 10.0 Å². The summed E-state index contributed by atoms with van der Waals surface area (Å²) < 4.78 is 26.5. The van der Waals surface area contributed by atoms with Gasteiger partial charge in [0.2, 0.25) is 10.0 Å². The molecule has 0 bridgehead atoms. The Kier molecular flexibility index (Phi) is 6.73. The van der Waals surface area contributed by atoms with Gasteiger partial charge >= 0.3 is 0 Å². The van der Waals surface area contributed by atoms with Gasteiger partial charge in [-0.25, -0.2) is 8.42 Å². The summed E-state index contributed by atoms with van der Waals surface area (Å²) in [5, 5.41) is 0. The predicted octanol–water partition coefficient (Wildman–Crippen LogP) is 3.44. The number of benzene rings is 2. The van der Waals surface area contributed by atoms with Gasteiger partial charge in [0.25, 0.3) is 5.91 Å². The zero-order valence-corrected chi connectivity index (χ0v) is 16.8. The Balaban J connectivity index is 0.00000261. The molecule has 6 nitrogen and oxygen atoms in total. The van der Waals surface area contributed by atoms with Crippen LogP contribution in [0.2, 0.25) is 0 Å². The highest BCUT2D eigenvalue weighted by Gasteiger charge is 2.25. The van der Waals surface area contributed by atoms with Crippen LogP contribution in [0.5, 0.6) is 0 Å². The van der Waals surface area contributed by atoms with Gasteiger partial charge in [-0.3, -0.25) is 9.52 Å². The second kappa shape index (κ2) is 8.63. The van der Waals surface area contributed by atoms with E-state index in [-0.39, 0.29) is 24.1 Å². The standard InChI is InChI=1S/C19H23N3O3S.ClH/c1-2-12-26(24,25)21-15-7-3-6-14(13-15)19(23)22-11-5-8-16-17(20)9-4-10-18(16)22;/h3-4,6-7,9-10,13,21H,2,5,8,11-12,20H2,1H3;1H. The lowest BCUT2D eigenvalue weighted by Crippen LogP contribution is -2.35. The van der Waals surface area contributed by atoms with Crippen LogP contribution in [0.25, 0.3) is 0 Å². The minimum atomic E-state index is -3.40. The van der Waals surface area contributed by atoms with Crippen LogP contribution in [0.4, 0.5) is 17.1 Å². The summed E-state index contributed by atoms with van der Waals surface area (Å²) in [6, 6.07) is 12.2. The van der Waals surface area contributed by atoms with E-state index in [9.17, 15) is 13.2 Å². The molecule has 1 aliphatic rings. The molecule has 0 aromatic heterocycles. The molecule has 1 aliphatic heterocycles. The molecule has 27 heavy (non-hydrogen) atoms. The summed E-state index contributed by atoms with van der Waals surface area (Å²) in [7, 11) is -3.40. The topological polar surface area (TPSA) is 92.5 Å². The first-order valence-corrected chi connectivity index (χ1v) is 10.4. The number of fused-ring (bicyclic) bond motifs is 1. The number of sulfonamides is 1. The van der Waals surface area contributed by atoms with Crippen molar-refractivity contribution in [2.45, 2.75) is 26.2 Å². The first-order valence-electron chi connectivity index (χ1n) is 8.71. The van der Waals surface area contributed by atoms with Gasteiger partial charge in [0, 0.05) is 29.2 Å². The van der Waals surface area contributed by atoms with Crippen LogP contribution in [-0.4, -0.2) is 26.6 Å². The van der Waals surface area contributed by atoms with Crippen LogP contribution < -0.4 is 15.4 Å². The van der Waals surface area contributed by atoms with Crippen LogP contribution >= 0.6 is 12.4 Å². The lowest BCUT2D eigenvalue weighted by Gasteiger charge is -2.30. The Morgan fingerprint density at radius 3 is 2.70 bits per heavy atom. The molecule has 0 saturated carbocycles. The number of carbonyl (C=O) groups is 1. The fourth-order valence-corrected chi connectivity index (χ4v) is 4.36. The molecule has 2 aromatic rings. The Morgan fingerprint density at radius 2 is 1.96 bits per heavy atom. The number of hydrogen-bond donors (Lipinski definition) is 2. The number of nitrogens with one attached hydrogen (secondary N) is 1. The van der Waals surface area contributed by atoms with Crippen molar-refractivity contribution in [2.24, 2.45) is 0 Å². The number of rotatable bonds is 5. The summed E-state index contributed by atoms with van der Waals surface area (Å²) in [6.07, 6.45) is 2.22. The SMILES string of the molecule is CCCS(=O)(=O)Nc1cccc(C(=O)N2CCCc3c(N)cccc32)c1.Cl. The van der Waals surface area contributed by atoms with E-state index in [1.54, 1.807) is 36.1 Å². The van der Waals surface area contributed by atoms with Crippen molar-refractivity contribution in [1.29, 1.82) is 0 Å². The number of carbonyl (C=O) groups excluding carboxylic acids is 1. The molecular weight excluding hydrogens is 386 g/mol. The minimum Gasteiger partial charge on any atom is -0.398 e. The van der Waals surface area contributed by atoms with E-state index >= 15 is 0 Å². The maximum Gasteiger partial charge on any atom is 0.258 e. The highest BCUT2D eigenvalue weighted by atomic mass is 35.5. The molecule has 3 rings (SSSR count). The maximum absolute atomic E-state index is 13.0. The molecule has 0 radical (unpaired) electrons. The van der Waals surface area contributed by atoms with Crippen molar-refractivity contribution in [3.63, 3.8) is 0 Å². The summed E-state index contributed by atoms with van der Waals surface area (Å²) in [5.41, 5.74) is 9.41. The van der Waals surface area contributed by atoms with E-state index in [1.807, 2.05) is 18.2 Å². The first kappa shape index (κ1) is 21.1. The van der Waals surface area contributed by atoms with Gasteiger partial charge in [-0.2, -0.15) is 0 Å². The van der Waals surface area contributed by atoms with Gasteiger partial charge in [0.15, 0.2) is 0 Å². The van der Waals surface area contributed by atoms with E-state index in [2.05, 4.69) is 4.72 Å². The number of hydrogen-bond acceptors (Lipinski definition) is 4. The summed E-state index contributed by atoms with van der Waals surface area (Å²) >= 11 is 0. The summed E-state index contributed by atoms with van der Waals surface area (Å²) in [6.45, 7) is 2.42. The molecule has 1 heterocycles. The van der Waals surface area contributed by atoms with Crippen molar-refractivity contribution in [1.82, 2.24) is 0 Å². The fraction of sp³-hybridized carbons (Fsp3) is 0.316.